The average Bonchev–Trinajstić information content (AvgIpc) is 2.16. The van der Waals surface area contributed by atoms with Gasteiger partial charge in [-0.25, -0.2) is 0 Å². The van der Waals surface area contributed by atoms with Gasteiger partial charge < -0.3 is 5.32 Å². The zero-order valence-corrected chi connectivity index (χ0v) is 7.31. The van der Waals surface area contributed by atoms with Gasteiger partial charge in [0.25, 0.3) is 0 Å². The molecule has 0 aromatic rings. The average molecular weight is 151 g/mol. The summed E-state index contributed by atoms with van der Waals surface area (Å²) in [5, 5.41) is 3.43. The Hall–Kier alpha value is 0.0249. The van der Waals surface area contributed by atoms with Gasteiger partial charge in [0.15, 0.2) is 0 Å². The van der Waals surface area contributed by atoms with Crippen LogP contribution in [0.15, 0.2) is 0 Å². The Balaban J connectivity index is 2.19. The van der Waals surface area contributed by atoms with Crippen molar-refractivity contribution in [2.24, 2.45) is 5.92 Å². The minimum atomic E-state index is 0.801. The van der Waals surface area contributed by atoms with Crippen molar-refractivity contribution in [1.29, 1.82) is 0 Å². The summed E-state index contributed by atoms with van der Waals surface area (Å²) in [6.45, 7) is 2.40. The quantitative estimate of drug-likeness (QED) is 0.563. The normalized spacial score (nSPS) is 28.5. The third kappa shape index (κ3) is 3.81. The summed E-state index contributed by atoms with van der Waals surface area (Å²) in [7, 11) is 5.65. The molecule has 1 heterocycles. The van der Waals surface area contributed by atoms with Gasteiger partial charge in [-0.05, 0) is 38.3 Å². The lowest BCUT2D eigenvalue weighted by Gasteiger charge is -2.11. The summed E-state index contributed by atoms with van der Waals surface area (Å²) in [6, 6.07) is 0. The van der Waals surface area contributed by atoms with Crippen molar-refractivity contribution in [2.45, 2.75) is 38.4 Å². The highest BCUT2D eigenvalue weighted by Gasteiger charge is 2.06. The molecule has 1 saturated heterocycles. The summed E-state index contributed by atoms with van der Waals surface area (Å²) in [5.74, 6) is 0.801. The van der Waals surface area contributed by atoms with Crippen LogP contribution < -0.4 is 5.32 Å². The fourth-order valence-corrected chi connectivity index (χ4v) is 1.70. The van der Waals surface area contributed by atoms with Gasteiger partial charge in [-0.15, -0.1) is 0 Å². The van der Waals surface area contributed by atoms with Gasteiger partial charge in [-0.2, -0.15) is 0 Å². The number of hydrogen-bond donors (Lipinski definition) is 1. The van der Waals surface area contributed by atoms with Crippen molar-refractivity contribution in [3.05, 3.63) is 0 Å². The molecule has 62 valence electrons. The Morgan fingerprint density at radius 3 is 2.64 bits per heavy atom. The maximum Gasteiger partial charge on any atom is 0.0656 e. The van der Waals surface area contributed by atoms with E-state index in [1.54, 1.807) is 0 Å². The van der Waals surface area contributed by atoms with Crippen LogP contribution >= 0.6 is 0 Å². The first-order valence-electron chi connectivity index (χ1n) is 4.84. The Kier molecular flexibility index (Phi) is 4.68. The molecule has 0 aromatic carbocycles. The van der Waals surface area contributed by atoms with Crippen LogP contribution in [0.5, 0.6) is 0 Å². The van der Waals surface area contributed by atoms with E-state index in [2.05, 4.69) is 5.32 Å². The third-order valence-electron chi connectivity index (χ3n) is 2.52. The SMILES string of the molecule is [B]CC1CCCCNCCC1. The Bertz CT molecular complexity index is 85.6. The lowest BCUT2D eigenvalue weighted by Crippen LogP contribution is -2.15. The van der Waals surface area contributed by atoms with Crippen LogP contribution in [-0.4, -0.2) is 20.9 Å². The second-order valence-electron chi connectivity index (χ2n) is 3.49. The van der Waals surface area contributed by atoms with Gasteiger partial charge in [-0.3, -0.25) is 0 Å². The number of rotatable bonds is 1. The molecule has 0 spiro atoms. The molecule has 0 aromatic heterocycles. The molecule has 1 aliphatic rings. The van der Waals surface area contributed by atoms with E-state index in [9.17, 15) is 0 Å². The molecular formula is C9H18BN. The fraction of sp³-hybridized carbons (Fsp3) is 1.00. The predicted molar refractivity (Wildman–Crippen MR) is 50.0 cm³/mol. The first-order valence-corrected chi connectivity index (χ1v) is 4.84. The molecule has 0 aliphatic carbocycles. The topological polar surface area (TPSA) is 12.0 Å². The molecule has 1 atom stereocenters. The molecule has 0 amide bonds. The van der Waals surface area contributed by atoms with Crippen LogP contribution in [0.1, 0.15) is 32.1 Å². The molecule has 1 N–H and O–H groups in total. The monoisotopic (exact) mass is 151 g/mol. The highest BCUT2D eigenvalue weighted by molar-refractivity contribution is 6.08. The summed E-state index contributed by atoms with van der Waals surface area (Å²) in [6.07, 6.45) is 7.55. The van der Waals surface area contributed by atoms with E-state index in [4.69, 9.17) is 7.85 Å². The van der Waals surface area contributed by atoms with Gasteiger partial charge in [0, 0.05) is 0 Å². The van der Waals surface area contributed by atoms with Crippen molar-refractivity contribution in [3.63, 3.8) is 0 Å². The van der Waals surface area contributed by atoms with Gasteiger partial charge in [0.05, 0.1) is 7.85 Å². The summed E-state index contributed by atoms with van der Waals surface area (Å²) in [5.41, 5.74) is 0. The van der Waals surface area contributed by atoms with E-state index < -0.39 is 0 Å². The zero-order valence-electron chi connectivity index (χ0n) is 7.31. The van der Waals surface area contributed by atoms with Crippen molar-refractivity contribution >= 4 is 7.85 Å². The Morgan fingerprint density at radius 1 is 1.09 bits per heavy atom. The standard InChI is InChI=1S/C9H18BN/c10-8-9-4-1-2-6-11-7-3-5-9/h9,11H,1-8H2. The van der Waals surface area contributed by atoms with Gasteiger partial charge in [0.1, 0.15) is 0 Å². The first-order chi connectivity index (χ1) is 5.43. The molecule has 1 unspecified atom stereocenters. The fourth-order valence-electron chi connectivity index (χ4n) is 1.70. The van der Waals surface area contributed by atoms with Crippen molar-refractivity contribution < 1.29 is 0 Å². The smallest absolute Gasteiger partial charge is 0.0656 e. The van der Waals surface area contributed by atoms with Gasteiger partial charge >= 0.3 is 0 Å². The molecule has 1 nitrogen and oxygen atoms in total. The van der Waals surface area contributed by atoms with Crippen molar-refractivity contribution in [3.8, 4) is 0 Å². The molecule has 11 heavy (non-hydrogen) atoms. The highest BCUT2D eigenvalue weighted by Crippen LogP contribution is 2.18. The number of nitrogens with one attached hydrogen (secondary N) is 1. The molecule has 1 fully saturated rings. The van der Waals surface area contributed by atoms with E-state index in [-0.39, 0.29) is 0 Å². The minimum Gasteiger partial charge on any atom is -0.317 e. The third-order valence-corrected chi connectivity index (χ3v) is 2.52. The second kappa shape index (κ2) is 5.65. The molecule has 2 radical (unpaired) electrons. The van der Waals surface area contributed by atoms with Crippen LogP contribution in [0.3, 0.4) is 0 Å². The number of hydrogen-bond acceptors (Lipinski definition) is 1. The van der Waals surface area contributed by atoms with Crippen LogP contribution in [-0.2, 0) is 0 Å². The van der Waals surface area contributed by atoms with E-state index in [0.717, 1.165) is 12.2 Å². The zero-order chi connectivity index (χ0) is 7.94. The molecular weight excluding hydrogens is 133 g/mol. The van der Waals surface area contributed by atoms with Crippen molar-refractivity contribution in [1.82, 2.24) is 5.32 Å². The molecule has 0 saturated carbocycles. The van der Waals surface area contributed by atoms with E-state index in [1.165, 1.54) is 45.2 Å². The Morgan fingerprint density at radius 2 is 1.82 bits per heavy atom. The van der Waals surface area contributed by atoms with Crippen LogP contribution in [0.25, 0.3) is 0 Å². The molecule has 1 rings (SSSR count). The summed E-state index contributed by atoms with van der Waals surface area (Å²) >= 11 is 0. The lowest BCUT2D eigenvalue weighted by molar-refractivity contribution is 0.471. The summed E-state index contributed by atoms with van der Waals surface area (Å²) in [4.78, 5) is 0. The highest BCUT2D eigenvalue weighted by atomic mass is 14.8. The summed E-state index contributed by atoms with van der Waals surface area (Å²) < 4.78 is 0. The van der Waals surface area contributed by atoms with Crippen LogP contribution in [0, 0.1) is 5.92 Å². The molecule has 2 heteroatoms. The first kappa shape index (κ1) is 9.12. The molecule has 0 bridgehead atoms. The Labute approximate surface area is 71.4 Å². The van der Waals surface area contributed by atoms with Gasteiger partial charge in [0.2, 0.25) is 0 Å². The van der Waals surface area contributed by atoms with E-state index >= 15 is 0 Å². The van der Waals surface area contributed by atoms with Crippen molar-refractivity contribution in [2.75, 3.05) is 13.1 Å². The van der Waals surface area contributed by atoms with Crippen LogP contribution in [0.4, 0.5) is 0 Å². The second-order valence-corrected chi connectivity index (χ2v) is 3.49. The maximum atomic E-state index is 5.65. The maximum absolute atomic E-state index is 5.65. The lowest BCUT2D eigenvalue weighted by atomic mass is 9.84. The van der Waals surface area contributed by atoms with Gasteiger partial charge in [-0.1, -0.05) is 19.2 Å². The molecule has 1 aliphatic heterocycles. The minimum absolute atomic E-state index is 0.801. The van der Waals surface area contributed by atoms with E-state index in [1.807, 2.05) is 0 Å². The van der Waals surface area contributed by atoms with E-state index in [0.29, 0.717) is 0 Å². The largest absolute Gasteiger partial charge is 0.317 e. The predicted octanol–water partition coefficient (Wildman–Crippen LogP) is 1.74. The van der Waals surface area contributed by atoms with Crippen LogP contribution in [0.2, 0.25) is 6.32 Å².